The van der Waals surface area contributed by atoms with Gasteiger partial charge in [0.15, 0.2) is 0 Å². The van der Waals surface area contributed by atoms with E-state index in [4.69, 9.17) is 0 Å². The Balaban J connectivity index is 2.10. The molecule has 1 aromatic carbocycles. The number of nitrogens with zero attached hydrogens (tertiary/aromatic N) is 2. The lowest BCUT2D eigenvalue weighted by Crippen LogP contribution is -1.98. The molecular weight excluding hydrogens is 316 g/mol. The van der Waals surface area contributed by atoms with Crippen LogP contribution in [-0.2, 0) is 0 Å². The Bertz CT molecular complexity index is 829. The number of hydrogen-bond donors (Lipinski definition) is 2. The van der Waals surface area contributed by atoms with Crippen LogP contribution in [0.25, 0.3) is 10.9 Å². The summed E-state index contributed by atoms with van der Waals surface area (Å²) in [7, 11) is 0. The maximum Gasteiger partial charge on any atom is 0.103 e. The minimum Gasteiger partial charge on any atom is -0.361 e. The van der Waals surface area contributed by atoms with E-state index >= 15 is 0 Å². The van der Waals surface area contributed by atoms with Crippen LogP contribution in [-0.4, -0.2) is 9.97 Å². The average Bonchev–Trinajstić information content (AvgIpc) is 2.93. The number of rotatable bonds is 2. The summed E-state index contributed by atoms with van der Waals surface area (Å²) in [4.78, 5) is 7.19. The number of pyridine rings is 1. The van der Waals surface area contributed by atoms with Gasteiger partial charge < -0.3 is 10.3 Å². The van der Waals surface area contributed by atoms with Crippen molar-refractivity contribution in [3.05, 3.63) is 52.4 Å². The van der Waals surface area contributed by atoms with Crippen molar-refractivity contribution in [2.24, 2.45) is 0 Å². The summed E-state index contributed by atoms with van der Waals surface area (Å²) in [6.07, 6.45) is 5.15. The number of halogens is 1. The maximum absolute atomic E-state index is 9.17. The molecule has 0 unspecified atom stereocenters. The zero-order valence-electron chi connectivity index (χ0n) is 10.7. The van der Waals surface area contributed by atoms with Crippen LogP contribution in [0.4, 0.5) is 11.4 Å². The first-order valence-corrected chi connectivity index (χ1v) is 6.87. The molecule has 0 saturated heterocycles. The molecule has 4 nitrogen and oxygen atoms in total. The first-order valence-electron chi connectivity index (χ1n) is 6.08. The molecule has 0 radical (unpaired) electrons. The molecular formula is C15H11BrN4. The Morgan fingerprint density at radius 3 is 2.95 bits per heavy atom. The topological polar surface area (TPSA) is 64.5 Å². The second-order valence-corrected chi connectivity index (χ2v) is 5.31. The van der Waals surface area contributed by atoms with Crippen LogP contribution >= 0.6 is 15.9 Å². The highest BCUT2D eigenvalue weighted by Gasteiger charge is 2.10. The number of aromatic nitrogens is 2. The van der Waals surface area contributed by atoms with E-state index in [0.717, 1.165) is 26.9 Å². The van der Waals surface area contributed by atoms with Crippen LogP contribution in [0, 0.1) is 18.3 Å². The third kappa shape index (κ3) is 2.04. The van der Waals surface area contributed by atoms with Gasteiger partial charge in [-0.3, -0.25) is 4.98 Å². The van der Waals surface area contributed by atoms with Gasteiger partial charge in [-0.25, -0.2) is 0 Å². The Hall–Kier alpha value is -2.32. The quantitative estimate of drug-likeness (QED) is 0.739. The normalized spacial score (nSPS) is 10.4. The fraction of sp³-hybridized carbons (Fsp3) is 0.0667. The Labute approximate surface area is 124 Å². The first-order chi connectivity index (χ1) is 9.70. The van der Waals surface area contributed by atoms with Crippen LogP contribution in [0.3, 0.4) is 0 Å². The first kappa shape index (κ1) is 12.7. The van der Waals surface area contributed by atoms with Gasteiger partial charge in [0.1, 0.15) is 6.07 Å². The number of hydrogen-bond acceptors (Lipinski definition) is 3. The molecule has 0 fully saturated rings. The molecule has 2 aromatic heterocycles. The molecule has 20 heavy (non-hydrogen) atoms. The second-order valence-electron chi connectivity index (χ2n) is 4.46. The molecule has 98 valence electrons. The third-order valence-corrected chi connectivity index (χ3v) is 3.88. The predicted octanol–water partition coefficient (Wildman–Crippen LogP) is 4.25. The average molecular weight is 327 g/mol. The Kier molecular flexibility index (Phi) is 3.17. The minimum absolute atomic E-state index is 0.507. The molecule has 5 heteroatoms. The van der Waals surface area contributed by atoms with Crippen molar-refractivity contribution in [3.8, 4) is 6.07 Å². The van der Waals surface area contributed by atoms with E-state index in [0.29, 0.717) is 5.56 Å². The fourth-order valence-corrected chi connectivity index (χ4v) is 2.63. The smallest absolute Gasteiger partial charge is 0.103 e. The lowest BCUT2D eigenvalue weighted by atomic mass is 10.1. The zero-order valence-corrected chi connectivity index (χ0v) is 12.3. The summed E-state index contributed by atoms with van der Waals surface area (Å²) in [6.45, 7) is 2.06. The summed E-state index contributed by atoms with van der Waals surface area (Å²) in [5.41, 5.74) is 4.45. The molecule has 3 aromatic rings. The molecule has 2 heterocycles. The molecule has 0 atom stereocenters. The number of benzene rings is 1. The highest BCUT2D eigenvalue weighted by Crippen LogP contribution is 2.32. The largest absolute Gasteiger partial charge is 0.361 e. The van der Waals surface area contributed by atoms with E-state index in [1.165, 1.54) is 5.39 Å². The SMILES string of the molecule is Cc1c(Nc2c(Br)cncc2C#N)ccc2[nH]ccc12. The number of anilines is 2. The van der Waals surface area contributed by atoms with E-state index in [-0.39, 0.29) is 0 Å². The number of fused-ring (bicyclic) bond motifs is 1. The molecule has 0 saturated carbocycles. The van der Waals surface area contributed by atoms with Gasteiger partial charge in [-0.2, -0.15) is 5.26 Å². The number of aryl methyl sites for hydroxylation is 1. The monoisotopic (exact) mass is 326 g/mol. The summed E-state index contributed by atoms with van der Waals surface area (Å²) in [5, 5.41) is 13.7. The molecule has 3 rings (SSSR count). The van der Waals surface area contributed by atoms with Gasteiger partial charge in [0, 0.05) is 35.2 Å². The van der Waals surface area contributed by atoms with Gasteiger partial charge in [-0.15, -0.1) is 0 Å². The van der Waals surface area contributed by atoms with E-state index in [9.17, 15) is 5.26 Å². The van der Waals surface area contributed by atoms with Crippen molar-refractivity contribution in [2.45, 2.75) is 6.92 Å². The lowest BCUT2D eigenvalue weighted by Gasteiger charge is -2.13. The van der Waals surface area contributed by atoms with E-state index in [1.807, 2.05) is 24.4 Å². The standard InChI is InChI=1S/C15H11BrN4/c1-9-11-4-5-19-14(11)3-2-13(9)20-15-10(6-17)7-18-8-12(15)16/h2-5,7-8,19H,1H3,(H,18,20). The van der Waals surface area contributed by atoms with Crippen molar-refractivity contribution in [2.75, 3.05) is 5.32 Å². The van der Waals surface area contributed by atoms with Crippen molar-refractivity contribution in [1.82, 2.24) is 9.97 Å². The van der Waals surface area contributed by atoms with Crippen LogP contribution in [0.15, 0.2) is 41.3 Å². The Morgan fingerprint density at radius 2 is 2.15 bits per heavy atom. The van der Waals surface area contributed by atoms with Crippen LogP contribution < -0.4 is 5.32 Å². The van der Waals surface area contributed by atoms with Gasteiger partial charge in [-0.05, 0) is 46.6 Å². The second kappa shape index (κ2) is 4.99. The molecule has 0 spiro atoms. The lowest BCUT2D eigenvalue weighted by molar-refractivity contribution is 1.28. The zero-order chi connectivity index (χ0) is 14.1. The van der Waals surface area contributed by atoms with Gasteiger partial charge in [-0.1, -0.05) is 0 Å². The van der Waals surface area contributed by atoms with E-state index in [2.05, 4.69) is 44.2 Å². The number of nitriles is 1. The summed E-state index contributed by atoms with van der Waals surface area (Å²) < 4.78 is 0.769. The van der Waals surface area contributed by atoms with Crippen LogP contribution in [0.2, 0.25) is 0 Å². The van der Waals surface area contributed by atoms with Gasteiger partial charge in [0.2, 0.25) is 0 Å². The fourth-order valence-electron chi connectivity index (χ4n) is 2.20. The highest BCUT2D eigenvalue weighted by atomic mass is 79.9. The van der Waals surface area contributed by atoms with Crippen molar-refractivity contribution in [3.63, 3.8) is 0 Å². The van der Waals surface area contributed by atoms with Crippen molar-refractivity contribution < 1.29 is 0 Å². The molecule has 0 aliphatic heterocycles. The molecule has 0 bridgehead atoms. The molecule has 0 aliphatic carbocycles. The minimum atomic E-state index is 0.507. The summed E-state index contributed by atoms with van der Waals surface area (Å²) in [6, 6.07) is 8.21. The predicted molar refractivity (Wildman–Crippen MR) is 83.0 cm³/mol. The van der Waals surface area contributed by atoms with Crippen LogP contribution in [0.1, 0.15) is 11.1 Å². The summed E-state index contributed by atoms with van der Waals surface area (Å²) in [5.74, 6) is 0. The molecule has 0 aliphatic rings. The van der Waals surface area contributed by atoms with Crippen molar-refractivity contribution >= 4 is 38.2 Å². The van der Waals surface area contributed by atoms with Gasteiger partial charge in [0.05, 0.1) is 15.7 Å². The van der Waals surface area contributed by atoms with Gasteiger partial charge in [0.25, 0.3) is 0 Å². The van der Waals surface area contributed by atoms with E-state index in [1.54, 1.807) is 12.4 Å². The van der Waals surface area contributed by atoms with Gasteiger partial charge >= 0.3 is 0 Å². The third-order valence-electron chi connectivity index (χ3n) is 3.28. The van der Waals surface area contributed by atoms with E-state index < -0.39 is 0 Å². The molecule has 0 amide bonds. The summed E-state index contributed by atoms with van der Waals surface area (Å²) >= 11 is 3.43. The maximum atomic E-state index is 9.17. The number of nitrogens with one attached hydrogen (secondary N) is 2. The number of H-pyrrole nitrogens is 1. The molecule has 2 N–H and O–H groups in total. The highest BCUT2D eigenvalue weighted by molar-refractivity contribution is 9.10. The number of aromatic amines is 1. The van der Waals surface area contributed by atoms with Crippen LogP contribution in [0.5, 0.6) is 0 Å². The van der Waals surface area contributed by atoms with Crippen molar-refractivity contribution in [1.29, 1.82) is 5.26 Å². The Morgan fingerprint density at radius 1 is 1.30 bits per heavy atom.